The molecule has 0 aliphatic heterocycles. The van der Waals surface area contributed by atoms with E-state index >= 15 is 0 Å². The number of ether oxygens (including phenoxy) is 2. The van der Waals surface area contributed by atoms with Crippen LogP contribution in [0.25, 0.3) is 0 Å². The number of halogens is 2. The molecule has 0 spiro atoms. The van der Waals surface area contributed by atoms with Crippen LogP contribution < -0.4 is 5.32 Å². The summed E-state index contributed by atoms with van der Waals surface area (Å²) in [6, 6.07) is 28.1. The zero-order valence-electron chi connectivity index (χ0n) is 20.4. The second-order valence-electron chi connectivity index (χ2n) is 7.97. The normalized spacial score (nSPS) is 14.9. The van der Waals surface area contributed by atoms with E-state index in [1.54, 1.807) is 18.4 Å². The first-order chi connectivity index (χ1) is 18.0. The van der Waals surface area contributed by atoms with Gasteiger partial charge in [-0.2, -0.15) is 0 Å². The van der Waals surface area contributed by atoms with Gasteiger partial charge in [-0.1, -0.05) is 91.0 Å². The number of benzene rings is 3. The van der Waals surface area contributed by atoms with Gasteiger partial charge in [0.15, 0.2) is 5.76 Å². The number of allylic oxidation sites excluding steroid dienone is 3. The third-order valence-electron chi connectivity index (χ3n) is 5.90. The first-order valence-electron chi connectivity index (χ1n) is 11.4. The summed E-state index contributed by atoms with van der Waals surface area (Å²) in [6.45, 7) is 0. The van der Waals surface area contributed by atoms with Gasteiger partial charge < -0.3 is 19.9 Å². The molecule has 190 valence electrons. The number of carbonyl (C=O) groups is 1. The number of rotatable bonds is 8. The Morgan fingerprint density at radius 3 is 1.78 bits per heavy atom. The molecule has 0 aromatic heterocycles. The van der Waals surface area contributed by atoms with Crippen LogP contribution in [-0.2, 0) is 40.1 Å². The van der Waals surface area contributed by atoms with E-state index in [2.05, 4.69) is 5.32 Å². The summed E-state index contributed by atoms with van der Waals surface area (Å²) in [5.41, 5.74) is 1.23. The number of nitrogens with one attached hydrogen (secondary N) is 1. The Hall–Kier alpha value is -3.52. The molecule has 8 heteroatoms. The zero-order chi connectivity index (χ0) is 26.7. The van der Waals surface area contributed by atoms with Crippen LogP contribution in [0.1, 0.15) is 22.7 Å². The van der Waals surface area contributed by atoms with Gasteiger partial charge in [0.1, 0.15) is 11.4 Å². The Bertz CT molecular complexity index is 1210. The van der Waals surface area contributed by atoms with E-state index < -0.39 is 31.9 Å². The van der Waals surface area contributed by atoms with Crippen molar-refractivity contribution in [2.75, 3.05) is 14.2 Å². The van der Waals surface area contributed by atoms with E-state index in [0.29, 0.717) is 11.3 Å². The van der Waals surface area contributed by atoms with Crippen LogP contribution in [0.15, 0.2) is 126 Å². The van der Waals surface area contributed by atoms with E-state index in [1.165, 1.54) is 14.2 Å². The predicted octanol–water partition coefficient (Wildman–Crippen LogP) is 5.62. The Morgan fingerprint density at radius 1 is 0.838 bits per heavy atom. The summed E-state index contributed by atoms with van der Waals surface area (Å²) >= 11 is -2.50. The topological polar surface area (TPSA) is 67.8 Å². The molecule has 0 unspecified atom stereocenters. The Kier molecular flexibility index (Phi) is 10.4. The van der Waals surface area contributed by atoms with Crippen molar-refractivity contribution in [2.45, 2.75) is 11.6 Å². The van der Waals surface area contributed by atoms with Crippen molar-refractivity contribution in [1.29, 1.82) is 0 Å². The van der Waals surface area contributed by atoms with E-state index in [9.17, 15) is 16.1 Å². The molecule has 3 aromatic carbocycles. The van der Waals surface area contributed by atoms with Crippen molar-refractivity contribution in [2.24, 2.45) is 0 Å². The molecule has 0 saturated heterocycles. The monoisotopic (exact) mass is 539 g/mol. The molecule has 0 bridgehead atoms. The van der Waals surface area contributed by atoms with E-state index in [1.807, 2.05) is 91.0 Å². The van der Waals surface area contributed by atoms with Crippen molar-refractivity contribution < 1.29 is 45.8 Å². The molecule has 3 aromatic rings. The Morgan fingerprint density at radius 2 is 1.32 bits per heavy atom. The zero-order valence-corrected chi connectivity index (χ0v) is 22.0. The maximum atomic E-state index is 12.9. The van der Waals surface area contributed by atoms with Crippen LogP contribution in [0.2, 0.25) is 0 Å². The van der Waals surface area contributed by atoms with Gasteiger partial charge in [0.05, 0.1) is 20.3 Å². The van der Waals surface area contributed by atoms with Crippen molar-refractivity contribution in [1.82, 2.24) is 5.32 Å². The summed E-state index contributed by atoms with van der Waals surface area (Å²) in [4.78, 5) is 12.9. The van der Waals surface area contributed by atoms with Gasteiger partial charge in [-0.3, -0.25) is 4.79 Å². The first kappa shape index (κ1) is 28.1. The standard InChI is InChI=1S/C29H27NO4.2FH.Ti/c1-33-25-18-22(27(31)26(19-25)34-2)20-30-28(21-12-6-3-7-13-21)29(32,23-14-8-4-9-15-23)24-16-10-5-11-17-24;;;/h3-20,28,30,32H,1-2H3;2*1H;/q;;;+2/p-2/b22-20-;;;/t28-;;;/m1.../s1. The minimum absolute atomic E-state index is 0.185. The molecule has 0 radical (unpaired) electrons. The van der Waals surface area contributed by atoms with E-state index in [4.69, 9.17) is 9.47 Å². The number of aliphatic hydroxyl groups is 1. The first-order valence-corrected chi connectivity index (χ1v) is 12.5. The van der Waals surface area contributed by atoms with Crippen LogP contribution in [0.5, 0.6) is 0 Å². The van der Waals surface area contributed by atoms with E-state index in [-0.39, 0.29) is 11.5 Å². The number of carbonyl (C=O) groups excluding carboxylic acids is 1. The van der Waals surface area contributed by atoms with Gasteiger partial charge in [-0.05, 0) is 22.8 Å². The fourth-order valence-electron chi connectivity index (χ4n) is 4.14. The van der Waals surface area contributed by atoms with Crippen molar-refractivity contribution in [3.63, 3.8) is 0 Å². The third kappa shape index (κ3) is 6.63. The third-order valence-corrected chi connectivity index (χ3v) is 5.90. The average Bonchev–Trinajstić information content (AvgIpc) is 2.95. The summed E-state index contributed by atoms with van der Waals surface area (Å²) in [6.07, 6.45) is 4.81. The van der Waals surface area contributed by atoms with Crippen LogP contribution in [0.4, 0.5) is 6.18 Å². The SMILES string of the molecule is COC1=C/C(=C/N[C@H](c2ccccc2)C(O)(c2ccccc2)c2ccccc2)C(=O)C(OC)=C1.[F][Ti][F]. The second kappa shape index (κ2) is 13.7. The predicted molar refractivity (Wildman–Crippen MR) is 134 cm³/mol. The molecule has 1 aliphatic rings. The molecule has 2 N–H and O–H groups in total. The Labute approximate surface area is 225 Å². The van der Waals surface area contributed by atoms with Crippen LogP contribution in [0.3, 0.4) is 0 Å². The minimum atomic E-state index is -2.50. The van der Waals surface area contributed by atoms with Crippen molar-refractivity contribution >= 4 is 5.78 Å². The number of methoxy groups -OCH3 is 2. The molecular weight excluding hydrogens is 512 g/mol. The number of Topliss-reactive ketones (excluding diaryl/α,β-unsaturated/α-hetero) is 1. The van der Waals surface area contributed by atoms with Gasteiger partial charge in [0.2, 0.25) is 5.78 Å². The molecule has 0 fully saturated rings. The molecule has 0 saturated carbocycles. The summed E-state index contributed by atoms with van der Waals surface area (Å²) in [5, 5.41) is 15.8. The maximum absolute atomic E-state index is 12.9. The van der Waals surface area contributed by atoms with Gasteiger partial charge in [-0.15, -0.1) is 0 Å². The summed E-state index contributed by atoms with van der Waals surface area (Å²) < 4.78 is 30.1. The van der Waals surface area contributed by atoms with Gasteiger partial charge in [0, 0.05) is 17.8 Å². The molecule has 4 rings (SSSR count). The van der Waals surface area contributed by atoms with Crippen molar-refractivity contribution in [3.8, 4) is 0 Å². The van der Waals surface area contributed by atoms with E-state index in [0.717, 1.165) is 16.7 Å². The molecular formula is C29H27F2NO4Ti. The quantitative estimate of drug-likeness (QED) is 0.288. The average molecular weight is 539 g/mol. The fourth-order valence-corrected chi connectivity index (χ4v) is 4.14. The summed E-state index contributed by atoms with van der Waals surface area (Å²) in [7, 11) is 2.98. The van der Waals surface area contributed by atoms with Gasteiger partial charge in [0.25, 0.3) is 0 Å². The molecule has 0 heterocycles. The van der Waals surface area contributed by atoms with Gasteiger partial charge in [-0.25, -0.2) is 0 Å². The van der Waals surface area contributed by atoms with Crippen molar-refractivity contribution in [3.05, 3.63) is 143 Å². The molecule has 1 atom stereocenters. The van der Waals surface area contributed by atoms with Crippen LogP contribution in [0, 0.1) is 0 Å². The second-order valence-corrected chi connectivity index (χ2v) is 8.20. The molecule has 5 nitrogen and oxygen atoms in total. The van der Waals surface area contributed by atoms with Crippen LogP contribution >= 0.6 is 0 Å². The molecule has 0 amide bonds. The fraction of sp³-hybridized carbons (Fsp3) is 0.138. The molecule has 1 aliphatic carbocycles. The number of hydrogen-bond acceptors (Lipinski definition) is 5. The summed E-state index contributed by atoms with van der Waals surface area (Å²) in [5.74, 6) is 0.415. The Balaban J connectivity index is 0.00000121. The van der Waals surface area contributed by atoms with Crippen LogP contribution in [-0.4, -0.2) is 25.1 Å². The number of hydrogen-bond donors (Lipinski definition) is 2. The molecule has 37 heavy (non-hydrogen) atoms. The number of ketones is 1. The van der Waals surface area contributed by atoms with Gasteiger partial charge >= 0.3 is 26.4 Å².